The van der Waals surface area contributed by atoms with Gasteiger partial charge in [0.1, 0.15) is 5.52 Å². The number of ether oxygens (including phenoxy) is 2. The molecule has 4 aromatic rings. The number of aryl methyl sites for hydroxylation is 1. The predicted octanol–water partition coefficient (Wildman–Crippen LogP) is 3.65. The SMILES string of the molecule is CCOC(=O)Oc1c[nH]c2c(=O)[nH]c3ccc(NS(=O)(=O)c4cccc(C)c4)cc3c12. The molecule has 2 aromatic carbocycles. The van der Waals surface area contributed by atoms with Crippen molar-refractivity contribution in [3.05, 3.63) is 64.6 Å². The Kier molecular flexibility index (Phi) is 5.15. The van der Waals surface area contributed by atoms with Crippen LogP contribution in [0.4, 0.5) is 10.5 Å². The van der Waals surface area contributed by atoms with Gasteiger partial charge in [0, 0.05) is 22.8 Å². The molecular weight excluding hydrogens is 422 g/mol. The van der Waals surface area contributed by atoms with E-state index in [0.29, 0.717) is 16.3 Å². The number of anilines is 1. The summed E-state index contributed by atoms with van der Waals surface area (Å²) in [4.78, 5) is 29.8. The maximum atomic E-state index is 12.8. The van der Waals surface area contributed by atoms with E-state index in [-0.39, 0.29) is 28.5 Å². The molecule has 0 bridgehead atoms. The number of rotatable bonds is 5. The third-order valence-corrected chi connectivity index (χ3v) is 5.99. The van der Waals surface area contributed by atoms with Crippen molar-refractivity contribution in [2.75, 3.05) is 11.3 Å². The lowest BCUT2D eigenvalue weighted by Gasteiger charge is -2.10. The van der Waals surface area contributed by atoms with Gasteiger partial charge in [-0.2, -0.15) is 0 Å². The monoisotopic (exact) mass is 441 g/mol. The van der Waals surface area contributed by atoms with E-state index in [1.807, 2.05) is 0 Å². The molecule has 0 unspecified atom stereocenters. The molecule has 0 aliphatic heterocycles. The van der Waals surface area contributed by atoms with Gasteiger partial charge in [0.2, 0.25) is 0 Å². The van der Waals surface area contributed by atoms with Crippen LogP contribution in [0.25, 0.3) is 21.8 Å². The van der Waals surface area contributed by atoms with E-state index in [4.69, 9.17) is 9.47 Å². The van der Waals surface area contributed by atoms with Gasteiger partial charge in [0.25, 0.3) is 15.6 Å². The minimum absolute atomic E-state index is 0.100. The van der Waals surface area contributed by atoms with Crippen molar-refractivity contribution >= 4 is 43.7 Å². The van der Waals surface area contributed by atoms with Crippen molar-refractivity contribution in [1.82, 2.24) is 9.97 Å². The molecule has 10 heteroatoms. The number of H-pyrrole nitrogens is 2. The summed E-state index contributed by atoms with van der Waals surface area (Å²) >= 11 is 0. The van der Waals surface area contributed by atoms with Crippen molar-refractivity contribution < 1.29 is 22.7 Å². The van der Waals surface area contributed by atoms with Crippen LogP contribution in [0.5, 0.6) is 5.75 Å². The maximum absolute atomic E-state index is 12.8. The lowest BCUT2D eigenvalue weighted by atomic mass is 10.1. The highest BCUT2D eigenvalue weighted by molar-refractivity contribution is 7.92. The molecule has 0 atom stereocenters. The summed E-state index contributed by atoms with van der Waals surface area (Å²) in [6.07, 6.45) is 0.466. The van der Waals surface area contributed by atoms with E-state index >= 15 is 0 Å². The van der Waals surface area contributed by atoms with E-state index in [1.165, 1.54) is 18.3 Å². The molecule has 2 heterocycles. The lowest BCUT2D eigenvalue weighted by Crippen LogP contribution is -2.13. The second-order valence-electron chi connectivity index (χ2n) is 6.82. The van der Waals surface area contributed by atoms with E-state index in [2.05, 4.69) is 14.7 Å². The molecule has 0 amide bonds. The maximum Gasteiger partial charge on any atom is 0.513 e. The fraction of sp³-hybridized carbons (Fsp3) is 0.143. The first-order chi connectivity index (χ1) is 14.8. The molecule has 31 heavy (non-hydrogen) atoms. The molecule has 3 N–H and O–H groups in total. The number of carbonyl (C=O) groups excluding carboxylic acids is 1. The van der Waals surface area contributed by atoms with E-state index in [0.717, 1.165) is 5.56 Å². The number of aromatic amines is 2. The fourth-order valence-corrected chi connectivity index (χ4v) is 4.43. The minimum atomic E-state index is -3.82. The molecule has 160 valence electrons. The zero-order chi connectivity index (χ0) is 22.2. The molecule has 0 saturated heterocycles. The van der Waals surface area contributed by atoms with Gasteiger partial charge in [-0.05, 0) is 49.7 Å². The van der Waals surface area contributed by atoms with Crippen molar-refractivity contribution in [1.29, 1.82) is 0 Å². The first-order valence-electron chi connectivity index (χ1n) is 9.39. The van der Waals surface area contributed by atoms with Crippen molar-refractivity contribution in [2.45, 2.75) is 18.7 Å². The first kappa shape index (κ1) is 20.5. The molecule has 0 fully saturated rings. The average Bonchev–Trinajstić information content (AvgIpc) is 3.13. The summed E-state index contributed by atoms with van der Waals surface area (Å²) in [6.45, 7) is 3.58. The van der Waals surface area contributed by atoms with Crippen LogP contribution >= 0.6 is 0 Å². The van der Waals surface area contributed by atoms with Crippen molar-refractivity contribution in [3.8, 4) is 5.75 Å². The highest BCUT2D eigenvalue weighted by Crippen LogP contribution is 2.32. The first-order valence-corrected chi connectivity index (χ1v) is 10.9. The number of carbonyl (C=O) groups is 1. The molecule has 0 saturated carbocycles. The van der Waals surface area contributed by atoms with Gasteiger partial charge in [0.15, 0.2) is 5.75 Å². The summed E-state index contributed by atoms with van der Waals surface area (Å²) < 4.78 is 38.1. The number of nitrogens with one attached hydrogen (secondary N) is 3. The molecule has 4 rings (SSSR count). The van der Waals surface area contributed by atoms with Crippen LogP contribution in [-0.2, 0) is 14.8 Å². The van der Waals surface area contributed by atoms with Crippen LogP contribution in [-0.4, -0.2) is 31.1 Å². The van der Waals surface area contributed by atoms with Gasteiger partial charge < -0.3 is 19.4 Å². The highest BCUT2D eigenvalue weighted by Gasteiger charge is 2.18. The summed E-state index contributed by atoms with van der Waals surface area (Å²) in [5.41, 5.74) is 1.32. The Bertz CT molecular complexity index is 1470. The number of aromatic nitrogens is 2. The van der Waals surface area contributed by atoms with Gasteiger partial charge in [0.05, 0.1) is 16.9 Å². The second-order valence-corrected chi connectivity index (χ2v) is 8.51. The molecule has 0 radical (unpaired) electrons. The standard InChI is InChI=1S/C21H19N3O6S/c1-3-29-21(26)30-17-11-22-19-18(17)15-10-13(7-8-16(15)23-20(19)25)24-31(27,28)14-6-4-5-12(2)9-14/h4-11,22,24H,3H2,1-2H3,(H,23,25). The third kappa shape index (κ3) is 3.97. The summed E-state index contributed by atoms with van der Waals surface area (Å²) in [5, 5.41) is 0.822. The van der Waals surface area contributed by atoms with Crippen LogP contribution in [0, 0.1) is 6.92 Å². The van der Waals surface area contributed by atoms with Gasteiger partial charge in [-0.15, -0.1) is 0 Å². The molecule has 0 spiro atoms. The number of sulfonamides is 1. The Balaban J connectivity index is 1.81. The largest absolute Gasteiger partial charge is 0.513 e. The Morgan fingerprint density at radius 2 is 1.97 bits per heavy atom. The quantitative estimate of drug-likeness (QED) is 0.405. The van der Waals surface area contributed by atoms with E-state index in [9.17, 15) is 18.0 Å². The molecular formula is C21H19N3O6S. The van der Waals surface area contributed by atoms with E-state index < -0.39 is 21.7 Å². The molecule has 0 aliphatic carbocycles. The minimum Gasteiger partial charge on any atom is -0.434 e. The number of fused-ring (bicyclic) bond motifs is 3. The van der Waals surface area contributed by atoms with Gasteiger partial charge in [-0.3, -0.25) is 9.52 Å². The predicted molar refractivity (Wildman–Crippen MR) is 116 cm³/mol. The van der Waals surface area contributed by atoms with Crippen LogP contribution in [0.15, 0.2) is 58.4 Å². The fourth-order valence-electron chi connectivity index (χ4n) is 3.27. The topological polar surface area (TPSA) is 130 Å². The molecule has 2 aromatic heterocycles. The zero-order valence-electron chi connectivity index (χ0n) is 16.7. The van der Waals surface area contributed by atoms with E-state index in [1.54, 1.807) is 44.2 Å². The van der Waals surface area contributed by atoms with Gasteiger partial charge in [-0.1, -0.05) is 12.1 Å². The Morgan fingerprint density at radius 3 is 2.71 bits per heavy atom. The average molecular weight is 441 g/mol. The van der Waals surface area contributed by atoms with Crippen LogP contribution < -0.4 is 15.0 Å². The van der Waals surface area contributed by atoms with Crippen LogP contribution in [0.3, 0.4) is 0 Å². The zero-order valence-corrected chi connectivity index (χ0v) is 17.5. The van der Waals surface area contributed by atoms with Crippen LogP contribution in [0.1, 0.15) is 12.5 Å². The Labute approximate surface area is 177 Å². The summed E-state index contributed by atoms with van der Waals surface area (Å²) in [7, 11) is -3.82. The van der Waals surface area contributed by atoms with Gasteiger partial charge >= 0.3 is 6.16 Å². The Morgan fingerprint density at radius 1 is 1.16 bits per heavy atom. The summed E-state index contributed by atoms with van der Waals surface area (Å²) in [6, 6.07) is 11.2. The number of hydrogen-bond donors (Lipinski definition) is 3. The third-order valence-electron chi connectivity index (χ3n) is 4.62. The second kappa shape index (κ2) is 7.80. The highest BCUT2D eigenvalue weighted by atomic mass is 32.2. The Hall–Kier alpha value is -3.79. The lowest BCUT2D eigenvalue weighted by molar-refractivity contribution is 0.105. The van der Waals surface area contributed by atoms with Gasteiger partial charge in [-0.25, -0.2) is 13.2 Å². The smallest absolute Gasteiger partial charge is 0.434 e. The van der Waals surface area contributed by atoms with Crippen molar-refractivity contribution in [3.63, 3.8) is 0 Å². The normalized spacial score (nSPS) is 11.5. The van der Waals surface area contributed by atoms with Crippen molar-refractivity contribution in [2.24, 2.45) is 0 Å². The number of pyridine rings is 1. The number of benzene rings is 2. The number of hydrogen-bond acceptors (Lipinski definition) is 6. The molecule has 9 nitrogen and oxygen atoms in total. The molecule has 0 aliphatic rings. The van der Waals surface area contributed by atoms with Crippen LogP contribution in [0.2, 0.25) is 0 Å². The summed E-state index contributed by atoms with van der Waals surface area (Å²) in [5.74, 6) is 0.100.